The van der Waals surface area contributed by atoms with Crippen molar-refractivity contribution in [3.05, 3.63) is 12.3 Å². The van der Waals surface area contributed by atoms with Gasteiger partial charge in [0.1, 0.15) is 5.82 Å². The molecule has 1 aliphatic rings. The van der Waals surface area contributed by atoms with Crippen LogP contribution in [-0.2, 0) is 4.79 Å². The molecule has 6 nitrogen and oxygen atoms in total. The van der Waals surface area contributed by atoms with Gasteiger partial charge in [0, 0.05) is 24.7 Å². The number of halogens is 2. The predicted molar refractivity (Wildman–Crippen MR) is 98.9 cm³/mol. The van der Waals surface area contributed by atoms with E-state index in [1.807, 2.05) is 38.6 Å². The van der Waals surface area contributed by atoms with Crippen LogP contribution in [0.3, 0.4) is 0 Å². The number of amides is 1. The molecule has 1 aliphatic heterocycles. The van der Waals surface area contributed by atoms with Gasteiger partial charge in [-0.15, -0.1) is 24.8 Å². The highest BCUT2D eigenvalue weighted by Crippen LogP contribution is 2.16. The normalized spacial score (nSPS) is 19.6. The molecule has 0 aliphatic carbocycles. The molecule has 2 rings (SSSR count). The maximum Gasteiger partial charge on any atom is 0.242 e. The Hall–Kier alpha value is -0.820. The van der Waals surface area contributed by atoms with E-state index in [2.05, 4.69) is 20.6 Å². The maximum atomic E-state index is 12.5. The third-order valence-corrected chi connectivity index (χ3v) is 4.20. The minimum absolute atomic E-state index is 0. The van der Waals surface area contributed by atoms with Crippen LogP contribution in [0.2, 0.25) is 0 Å². The Balaban J connectivity index is 0.00000242. The first kappa shape index (κ1) is 22.2. The first-order chi connectivity index (χ1) is 10.0. The number of anilines is 1. The average Bonchev–Trinajstić information content (AvgIpc) is 2.94. The number of piperidine rings is 1. The highest BCUT2D eigenvalue weighted by Gasteiger charge is 2.27. The molecule has 1 aromatic heterocycles. The Kier molecular flexibility index (Phi) is 9.77. The number of hydrogen-bond donors (Lipinski definition) is 2. The topological polar surface area (TPSA) is 62.2 Å². The summed E-state index contributed by atoms with van der Waals surface area (Å²) < 4.78 is 1.83. The highest BCUT2D eigenvalue weighted by atomic mass is 35.5. The lowest BCUT2D eigenvalue weighted by Crippen LogP contribution is -2.51. The standard InChI is InChI=1S/C15H27N5O.2ClH/c1-11(2)20-14(7-8-17-20)18-15(21)12(3)19-9-5-6-13(10-19)16-4;;/h7-8,11-13,16H,5-6,9-10H2,1-4H3,(H,18,21);2*1H. The Morgan fingerprint density at radius 2 is 2.04 bits per heavy atom. The van der Waals surface area contributed by atoms with Crippen LogP contribution in [-0.4, -0.2) is 52.8 Å². The highest BCUT2D eigenvalue weighted by molar-refractivity contribution is 5.93. The largest absolute Gasteiger partial charge is 0.316 e. The van der Waals surface area contributed by atoms with E-state index in [-0.39, 0.29) is 42.8 Å². The zero-order chi connectivity index (χ0) is 15.4. The molecule has 0 saturated carbocycles. The van der Waals surface area contributed by atoms with Crippen molar-refractivity contribution in [1.29, 1.82) is 0 Å². The SMILES string of the molecule is CNC1CCCN(C(C)C(=O)Nc2ccnn2C(C)C)C1.Cl.Cl. The lowest BCUT2D eigenvalue weighted by molar-refractivity contribution is -0.121. The van der Waals surface area contributed by atoms with Crippen LogP contribution in [0.4, 0.5) is 5.82 Å². The maximum absolute atomic E-state index is 12.5. The molecule has 2 atom stereocenters. The van der Waals surface area contributed by atoms with E-state index in [1.54, 1.807) is 6.20 Å². The predicted octanol–water partition coefficient (Wildman–Crippen LogP) is 2.32. The molecular weight excluding hydrogens is 337 g/mol. The van der Waals surface area contributed by atoms with Crippen molar-refractivity contribution >= 4 is 36.5 Å². The molecule has 1 aromatic rings. The molecular formula is C15H29Cl2N5O. The molecule has 0 spiro atoms. The summed E-state index contributed by atoms with van der Waals surface area (Å²) >= 11 is 0. The fourth-order valence-corrected chi connectivity index (χ4v) is 2.82. The fourth-order valence-electron chi connectivity index (χ4n) is 2.82. The van der Waals surface area contributed by atoms with Gasteiger partial charge in [0.2, 0.25) is 5.91 Å². The molecule has 1 fully saturated rings. The molecule has 1 saturated heterocycles. The molecule has 23 heavy (non-hydrogen) atoms. The van der Waals surface area contributed by atoms with Crippen molar-refractivity contribution in [2.75, 3.05) is 25.5 Å². The van der Waals surface area contributed by atoms with E-state index < -0.39 is 0 Å². The number of carbonyl (C=O) groups is 1. The third-order valence-electron chi connectivity index (χ3n) is 4.20. The number of nitrogens with one attached hydrogen (secondary N) is 2. The zero-order valence-electron chi connectivity index (χ0n) is 14.3. The molecule has 2 unspecified atom stereocenters. The van der Waals surface area contributed by atoms with E-state index >= 15 is 0 Å². The van der Waals surface area contributed by atoms with Gasteiger partial charge in [0.05, 0.1) is 12.2 Å². The molecule has 0 radical (unpaired) electrons. The van der Waals surface area contributed by atoms with Crippen molar-refractivity contribution in [2.24, 2.45) is 0 Å². The second-order valence-electron chi connectivity index (χ2n) is 6.04. The van der Waals surface area contributed by atoms with Crippen molar-refractivity contribution in [2.45, 2.75) is 51.7 Å². The number of rotatable bonds is 5. The van der Waals surface area contributed by atoms with Gasteiger partial charge in [-0.1, -0.05) is 0 Å². The van der Waals surface area contributed by atoms with Crippen LogP contribution in [0, 0.1) is 0 Å². The van der Waals surface area contributed by atoms with Gasteiger partial charge in [0.25, 0.3) is 0 Å². The second kappa shape index (κ2) is 10.1. The van der Waals surface area contributed by atoms with Gasteiger partial charge >= 0.3 is 0 Å². The molecule has 2 heterocycles. The molecule has 0 aromatic carbocycles. The first-order valence-corrected chi connectivity index (χ1v) is 7.78. The Morgan fingerprint density at radius 3 is 2.65 bits per heavy atom. The minimum Gasteiger partial charge on any atom is -0.316 e. The number of hydrogen-bond acceptors (Lipinski definition) is 4. The monoisotopic (exact) mass is 365 g/mol. The number of nitrogens with zero attached hydrogens (tertiary/aromatic N) is 3. The van der Waals surface area contributed by atoms with Crippen molar-refractivity contribution < 1.29 is 4.79 Å². The summed E-state index contributed by atoms with van der Waals surface area (Å²) in [6.07, 6.45) is 4.03. The molecule has 0 bridgehead atoms. The van der Waals surface area contributed by atoms with Gasteiger partial charge in [0.15, 0.2) is 0 Å². The van der Waals surface area contributed by atoms with E-state index in [4.69, 9.17) is 0 Å². The quantitative estimate of drug-likeness (QED) is 0.840. The molecule has 134 valence electrons. The van der Waals surface area contributed by atoms with Gasteiger partial charge in [-0.2, -0.15) is 5.10 Å². The summed E-state index contributed by atoms with van der Waals surface area (Å²) in [5, 5.41) is 10.6. The zero-order valence-corrected chi connectivity index (χ0v) is 15.9. The average molecular weight is 366 g/mol. The minimum atomic E-state index is -0.128. The van der Waals surface area contributed by atoms with Crippen molar-refractivity contribution in [1.82, 2.24) is 20.0 Å². The lowest BCUT2D eigenvalue weighted by Gasteiger charge is -2.35. The Morgan fingerprint density at radius 1 is 1.35 bits per heavy atom. The molecule has 2 N–H and O–H groups in total. The smallest absolute Gasteiger partial charge is 0.242 e. The molecule has 1 amide bonds. The summed E-state index contributed by atoms with van der Waals surface area (Å²) in [6, 6.07) is 2.43. The van der Waals surface area contributed by atoms with Gasteiger partial charge in [-0.3, -0.25) is 9.69 Å². The lowest BCUT2D eigenvalue weighted by atomic mass is 10.0. The van der Waals surface area contributed by atoms with Gasteiger partial charge < -0.3 is 10.6 Å². The van der Waals surface area contributed by atoms with E-state index in [0.29, 0.717) is 6.04 Å². The van der Waals surface area contributed by atoms with Crippen LogP contribution in [0.5, 0.6) is 0 Å². The Bertz CT molecular complexity index is 480. The third kappa shape index (κ3) is 5.64. The fraction of sp³-hybridized carbons (Fsp3) is 0.733. The number of aromatic nitrogens is 2. The number of carbonyl (C=O) groups excluding carboxylic acids is 1. The van der Waals surface area contributed by atoms with E-state index in [9.17, 15) is 4.79 Å². The summed E-state index contributed by atoms with van der Waals surface area (Å²) in [5.41, 5.74) is 0. The summed E-state index contributed by atoms with van der Waals surface area (Å²) in [6.45, 7) is 7.98. The second-order valence-corrected chi connectivity index (χ2v) is 6.04. The first-order valence-electron chi connectivity index (χ1n) is 7.78. The summed E-state index contributed by atoms with van der Waals surface area (Å²) in [4.78, 5) is 14.7. The molecule has 8 heteroatoms. The van der Waals surface area contributed by atoms with Gasteiger partial charge in [-0.05, 0) is 47.2 Å². The van der Waals surface area contributed by atoms with Crippen LogP contribution >= 0.6 is 24.8 Å². The van der Waals surface area contributed by atoms with Crippen LogP contribution in [0.1, 0.15) is 39.7 Å². The number of likely N-dealkylation sites (tertiary alicyclic amines) is 1. The van der Waals surface area contributed by atoms with Crippen LogP contribution in [0.25, 0.3) is 0 Å². The van der Waals surface area contributed by atoms with Crippen molar-refractivity contribution in [3.8, 4) is 0 Å². The van der Waals surface area contributed by atoms with Crippen LogP contribution in [0.15, 0.2) is 12.3 Å². The van der Waals surface area contributed by atoms with Crippen molar-refractivity contribution in [3.63, 3.8) is 0 Å². The Labute approximate surface area is 151 Å². The van der Waals surface area contributed by atoms with E-state index in [0.717, 1.165) is 25.3 Å². The van der Waals surface area contributed by atoms with E-state index in [1.165, 1.54) is 6.42 Å². The summed E-state index contributed by atoms with van der Waals surface area (Å²) in [5.74, 6) is 0.804. The van der Waals surface area contributed by atoms with Gasteiger partial charge in [-0.25, -0.2) is 4.68 Å². The van der Waals surface area contributed by atoms with Crippen LogP contribution < -0.4 is 10.6 Å². The number of likely N-dealkylation sites (N-methyl/N-ethyl adjacent to an activating group) is 1. The summed E-state index contributed by atoms with van der Waals surface area (Å²) in [7, 11) is 1.99.